The topological polar surface area (TPSA) is 127 Å². The zero-order chi connectivity index (χ0) is 28.6. The van der Waals surface area contributed by atoms with Gasteiger partial charge in [-0.2, -0.15) is 0 Å². The van der Waals surface area contributed by atoms with Crippen LogP contribution in [0.15, 0.2) is 48.7 Å². The van der Waals surface area contributed by atoms with Crippen LogP contribution in [0.4, 0.5) is 0 Å². The van der Waals surface area contributed by atoms with Crippen molar-refractivity contribution in [2.24, 2.45) is 0 Å². The van der Waals surface area contributed by atoms with Gasteiger partial charge in [0.2, 0.25) is 0 Å². The van der Waals surface area contributed by atoms with Gasteiger partial charge in [0.25, 0.3) is 11.8 Å². The fraction of sp³-hybridized carbons (Fsp3) is 0.172. The van der Waals surface area contributed by atoms with Gasteiger partial charge in [-0.25, -0.2) is 0 Å². The second kappa shape index (κ2) is 10.7. The van der Waals surface area contributed by atoms with Crippen molar-refractivity contribution >= 4 is 45.2 Å². The molecule has 11 heteroatoms. The number of hydrazine groups is 1. The van der Waals surface area contributed by atoms with E-state index >= 15 is 0 Å². The molecule has 2 amide bonds. The van der Waals surface area contributed by atoms with Crippen molar-refractivity contribution in [3.05, 3.63) is 70.5 Å². The number of hydrogen-bond donors (Lipinski definition) is 4. The molecule has 0 spiro atoms. The Hall–Kier alpha value is -4.83. The maximum absolute atomic E-state index is 13.5. The van der Waals surface area contributed by atoms with Crippen molar-refractivity contribution in [3.8, 4) is 34.1 Å². The van der Waals surface area contributed by atoms with Crippen LogP contribution in [-0.2, 0) is 0 Å². The summed E-state index contributed by atoms with van der Waals surface area (Å²) in [6, 6.07) is 12.5. The van der Waals surface area contributed by atoms with Gasteiger partial charge in [0.15, 0.2) is 0 Å². The number of nitrogens with one attached hydrogen (secondary N) is 4. The molecular formula is C29H27ClN4O6. The molecule has 0 saturated carbocycles. The number of rotatable bonds is 7. The summed E-state index contributed by atoms with van der Waals surface area (Å²) in [5, 5.41) is 2.02. The largest absolute Gasteiger partial charge is 0.497 e. The zero-order valence-electron chi connectivity index (χ0n) is 22.4. The average molecular weight is 563 g/mol. The van der Waals surface area contributed by atoms with Crippen LogP contribution < -0.4 is 29.8 Å². The third kappa shape index (κ3) is 4.52. The summed E-state index contributed by atoms with van der Waals surface area (Å²) in [5.41, 5.74) is 8.93. The lowest BCUT2D eigenvalue weighted by molar-refractivity contribution is 0.0843. The third-order valence-electron chi connectivity index (χ3n) is 6.76. The first-order valence-electron chi connectivity index (χ1n) is 12.2. The maximum Gasteiger partial charge on any atom is 0.286 e. The van der Waals surface area contributed by atoms with Crippen LogP contribution in [0.3, 0.4) is 0 Å². The summed E-state index contributed by atoms with van der Waals surface area (Å²) in [4.78, 5) is 32.9. The quantitative estimate of drug-likeness (QED) is 0.197. The summed E-state index contributed by atoms with van der Waals surface area (Å²) in [7, 11) is 6.09. The molecule has 0 fully saturated rings. The number of hydrogen-bond acceptors (Lipinski definition) is 6. The number of ether oxygens (including phenoxy) is 4. The molecule has 5 rings (SSSR count). The number of H-pyrrole nitrogens is 2. The van der Waals surface area contributed by atoms with Crippen molar-refractivity contribution in [3.63, 3.8) is 0 Å². The molecular weight excluding hydrogens is 536 g/mol. The lowest BCUT2D eigenvalue weighted by Crippen LogP contribution is -2.42. The Morgan fingerprint density at radius 2 is 1.45 bits per heavy atom. The van der Waals surface area contributed by atoms with E-state index in [0.717, 1.165) is 16.5 Å². The minimum absolute atomic E-state index is 0.193. The highest BCUT2D eigenvalue weighted by molar-refractivity contribution is 6.30. The molecule has 3 aromatic carbocycles. The van der Waals surface area contributed by atoms with E-state index in [1.165, 1.54) is 7.11 Å². The molecule has 0 saturated heterocycles. The Bertz CT molecular complexity index is 1760. The van der Waals surface area contributed by atoms with Crippen LogP contribution in [0.25, 0.3) is 32.9 Å². The highest BCUT2D eigenvalue weighted by Gasteiger charge is 2.25. The van der Waals surface area contributed by atoms with E-state index in [-0.39, 0.29) is 17.0 Å². The average Bonchev–Trinajstić information content (AvgIpc) is 3.56. The second-order valence-electron chi connectivity index (χ2n) is 8.90. The number of halogens is 1. The molecule has 206 valence electrons. The van der Waals surface area contributed by atoms with Crippen molar-refractivity contribution < 1.29 is 28.5 Å². The summed E-state index contributed by atoms with van der Waals surface area (Å²) in [6.07, 6.45) is 1.78. The molecule has 40 heavy (non-hydrogen) atoms. The number of fused-ring (bicyclic) bond motifs is 2. The van der Waals surface area contributed by atoms with Crippen LogP contribution in [0, 0.1) is 6.92 Å². The van der Waals surface area contributed by atoms with Gasteiger partial charge >= 0.3 is 0 Å². The van der Waals surface area contributed by atoms with E-state index in [4.69, 9.17) is 30.5 Å². The number of methoxy groups -OCH3 is 4. The number of aromatic nitrogens is 2. The molecule has 4 N–H and O–H groups in total. The van der Waals surface area contributed by atoms with Gasteiger partial charge in [-0.3, -0.25) is 20.4 Å². The molecule has 10 nitrogen and oxygen atoms in total. The van der Waals surface area contributed by atoms with Crippen molar-refractivity contribution in [2.75, 3.05) is 28.4 Å². The molecule has 0 aliphatic carbocycles. The van der Waals surface area contributed by atoms with Gasteiger partial charge in [-0.15, -0.1) is 0 Å². The molecule has 0 radical (unpaired) electrons. The summed E-state index contributed by atoms with van der Waals surface area (Å²) in [5.74, 6) is 0.775. The van der Waals surface area contributed by atoms with Crippen LogP contribution >= 0.6 is 11.6 Å². The second-order valence-corrected chi connectivity index (χ2v) is 9.34. The van der Waals surface area contributed by atoms with E-state index in [9.17, 15) is 9.59 Å². The van der Waals surface area contributed by atoms with E-state index in [2.05, 4.69) is 20.8 Å². The van der Waals surface area contributed by atoms with Gasteiger partial charge in [-0.1, -0.05) is 23.7 Å². The lowest BCUT2D eigenvalue weighted by Gasteiger charge is -2.14. The van der Waals surface area contributed by atoms with E-state index < -0.39 is 11.8 Å². The van der Waals surface area contributed by atoms with Crippen LogP contribution in [0.1, 0.15) is 26.4 Å². The fourth-order valence-corrected chi connectivity index (χ4v) is 4.97. The fourth-order valence-electron chi connectivity index (χ4n) is 4.84. The standard InChI is InChI=1S/C29H27ClN4O6/c1-14-23-19(10-17(37-2)11-20(23)38-3)32-26(14)29(36)34-33-28(35)25-22(40-5)12-21(39-4)24-18(13-31-27(24)25)15-6-8-16(30)9-7-15/h6-13,31-32H,1-5H3,(H,33,35)(H,34,36). The number of benzene rings is 3. The van der Waals surface area contributed by atoms with Gasteiger partial charge in [0, 0.05) is 40.4 Å². The minimum Gasteiger partial charge on any atom is -0.497 e. The number of aryl methyl sites for hydroxylation is 1. The van der Waals surface area contributed by atoms with Crippen molar-refractivity contribution in [2.45, 2.75) is 6.92 Å². The van der Waals surface area contributed by atoms with E-state index in [0.29, 0.717) is 44.3 Å². The smallest absolute Gasteiger partial charge is 0.286 e. The molecule has 2 aromatic heterocycles. The van der Waals surface area contributed by atoms with Gasteiger partial charge in [-0.05, 0) is 30.2 Å². The first-order chi connectivity index (χ1) is 19.3. The Morgan fingerprint density at radius 1 is 0.800 bits per heavy atom. The SMILES string of the molecule is COc1cc(OC)c2c(C)c(C(=O)NNC(=O)c3c(OC)cc(OC)c4c(-c5ccc(Cl)cc5)c[nH]c34)[nH]c2c1. The molecule has 0 unspecified atom stereocenters. The lowest BCUT2D eigenvalue weighted by atomic mass is 10.0. The Kier molecular flexibility index (Phi) is 7.19. The van der Waals surface area contributed by atoms with Crippen LogP contribution in [0.5, 0.6) is 23.0 Å². The monoisotopic (exact) mass is 562 g/mol. The predicted octanol–water partition coefficient (Wildman–Crippen LogP) is 5.39. The van der Waals surface area contributed by atoms with Crippen molar-refractivity contribution in [1.82, 2.24) is 20.8 Å². The number of carbonyl (C=O) groups is 2. The predicted molar refractivity (Wildman–Crippen MR) is 153 cm³/mol. The molecule has 0 bridgehead atoms. The summed E-state index contributed by atoms with van der Waals surface area (Å²) in [6.45, 7) is 1.79. The number of aromatic amines is 2. The normalized spacial score (nSPS) is 10.9. The molecule has 0 aliphatic rings. The van der Waals surface area contributed by atoms with Gasteiger partial charge < -0.3 is 28.9 Å². The summed E-state index contributed by atoms with van der Waals surface area (Å²) < 4.78 is 22.0. The molecule has 2 heterocycles. The van der Waals surface area contributed by atoms with E-state index in [1.54, 1.807) is 64.8 Å². The molecule has 5 aromatic rings. The first kappa shape index (κ1) is 26.8. The Morgan fingerprint density at radius 3 is 2.10 bits per heavy atom. The van der Waals surface area contributed by atoms with Crippen LogP contribution in [-0.4, -0.2) is 50.2 Å². The zero-order valence-corrected chi connectivity index (χ0v) is 23.2. The van der Waals surface area contributed by atoms with E-state index in [1.807, 2.05) is 12.1 Å². The Labute approximate surface area is 234 Å². The molecule has 0 atom stereocenters. The van der Waals surface area contributed by atoms with Crippen LogP contribution in [0.2, 0.25) is 5.02 Å². The Balaban J connectivity index is 1.49. The third-order valence-corrected chi connectivity index (χ3v) is 7.02. The minimum atomic E-state index is -0.588. The highest BCUT2D eigenvalue weighted by atomic mass is 35.5. The van der Waals surface area contributed by atoms with Gasteiger partial charge in [0.1, 0.15) is 34.3 Å². The van der Waals surface area contributed by atoms with Gasteiger partial charge in [0.05, 0.1) is 44.9 Å². The van der Waals surface area contributed by atoms with Crippen molar-refractivity contribution in [1.29, 1.82) is 0 Å². The summed E-state index contributed by atoms with van der Waals surface area (Å²) >= 11 is 6.07. The first-order valence-corrected chi connectivity index (χ1v) is 12.6. The highest BCUT2D eigenvalue weighted by Crippen LogP contribution is 2.41. The maximum atomic E-state index is 13.5. The number of carbonyl (C=O) groups excluding carboxylic acids is 2. The number of amides is 2. The molecule has 0 aliphatic heterocycles.